The van der Waals surface area contributed by atoms with Gasteiger partial charge in [-0.25, -0.2) is 13.6 Å². The van der Waals surface area contributed by atoms with E-state index >= 15 is 0 Å². The molecule has 100 valence electrons. The lowest BCUT2D eigenvalue weighted by molar-refractivity contribution is 0.598. The number of nitrogens with one attached hydrogen (secondary N) is 1. The van der Waals surface area contributed by atoms with Crippen LogP contribution in [0.2, 0.25) is 0 Å². The lowest BCUT2D eigenvalue weighted by Gasteiger charge is -2.06. The third kappa shape index (κ3) is 4.04. The summed E-state index contributed by atoms with van der Waals surface area (Å²) in [6.45, 7) is 0.728. The predicted molar refractivity (Wildman–Crippen MR) is 74.2 cm³/mol. The Hall–Kier alpha value is -1.92. The van der Waals surface area contributed by atoms with E-state index < -0.39 is 10.0 Å². The maximum absolute atomic E-state index is 11.1. The zero-order chi connectivity index (χ0) is 13.7. The van der Waals surface area contributed by atoms with Crippen LogP contribution in [-0.2, 0) is 16.4 Å². The molecule has 0 fully saturated rings. The normalized spacial score (nSPS) is 11.2. The number of aromatic nitrogens is 1. The minimum atomic E-state index is -3.62. The third-order valence-electron chi connectivity index (χ3n) is 2.62. The minimum Gasteiger partial charge on any atom is -0.385 e. The number of sulfonamides is 1. The first-order chi connectivity index (χ1) is 9.05. The highest BCUT2D eigenvalue weighted by Crippen LogP contribution is 2.12. The Kier molecular flexibility index (Phi) is 4.13. The van der Waals surface area contributed by atoms with Crippen molar-refractivity contribution >= 4 is 15.7 Å². The summed E-state index contributed by atoms with van der Waals surface area (Å²) in [5.41, 5.74) is 1.86. The first-order valence-corrected chi connectivity index (χ1v) is 7.37. The Morgan fingerprint density at radius 3 is 2.42 bits per heavy atom. The van der Waals surface area contributed by atoms with Gasteiger partial charge in [0.2, 0.25) is 10.0 Å². The first-order valence-electron chi connectivity index (χ1n) is 5.82. The van der Waals surface area contributed by atoms with Gasteiger partial charge < -0.3 is 5.32 Å². The monoisotopic (exact) mass is 277 g/mol. The van der Waals surface area contributed by atoms with Crippen molar-refractivity contribution in [1.82, 2.24) is 4.98 Å². The molecule has 2 aromatic rings. The fourth-order valence-electron chi connectivity index (χ4n) is 1.64. The highest BCUT2D eigenvalue weighted by atomic mass is 32.2. The molecule has 3 N–H and O–H groups in total. The van der Waals surface area contributed by atoms with Crippen molar-refractivity contribution in [2.75, 3.05) is 11.9 Å². The number of hydrogen-bond acceptors (Lipinski definition) is 4. The van der Waals surface area contributed by atoms with Crippen molar-refractivity contribution in [2.24, 2.45) is 5.14 Å². The number of hydrogen-bond donors (Lipinski definition) is 2. The molecule has 2 rings (SSSR count). The Labute approximate surface area is 112 Å². The van der Waals surface area contributed by atoms with E-state index in [1.165, 1.54) is 12.1 Å². The van der Waals surface area contributed by atoms with Crippen LogP contribution in [0.1, 0.15) is 5.69 Å². The standard InChI is InChI=1S/C13H15N3O2S/c14-19(17,18)13-6-4-12(5-7-13)16-10-8-11-3-1-2-9-15-11/h1-7,9,16H,8,10H2,(H2,14,17,18). The van der Waals surface area contributed by atoms with E-state index in [9.17, 15) is 8.42 Å². The minimum absolute atomic E-state index is 0.114. The maximum atomic E-state index is 11.1. The predicted octanol–water partition coefficient (Wildman–Crippen LogP) is 1.38. The fraction of sp³-hybridized carbons (Fsp3) is 0.154. The molecule has 5 nitrogen and oxygen atoms in total. The van der Waals surface area contributed by atoms with Gasteiger partial charge in [0, 0.05) is 30.5 Å². The van der Waals surface area contributed by atoms with Crippen LogP contribution in [0.3, 0.4) is 0 Å². The Morgan fingerprint density at radius 1 is 1.11 bits per heavy atom. The van der Waals surface area contributed by atoms with E-state index in [0.717, 1.165) is 24.3 Å². The van der Waals surface area contributed by atoms with E-state index in [1.807, 2.05) is 18.2 Å². The van der Waals surface area contributed by atoms with Crippen molar-refractivity contribution in [3.63, 3.8) is 0 Å². The number of pyridine rings is 1. The molecule has 0 atom stereocenters. The summed E-state index contributed by atoms with van der Waals surface area (Å²) in [6, 6.07) is 12.1. The number of primary sulfonamides is 1. The van der Waals surface area contributed by atoms with Crippen LogP contribution in [0.5, 0.6) is 0 Å². The maximum Gasteiger partial charge on any atom is 0.238 e. The summed E-state index contributed by atoms with van der Waals surface area (Å²) in [5, 5.41) is 8.22. The SMILES string of the molecule is NS(=O)(=O)c1ccc(NCCc2ccccn2)cc1. The largest absolute Gasteiger partial charge is 0.385 e. The highest BCUT2D eigenvalue weighted by Gasteiger charge is 2.06. The molecule has 1 heterocycles. The molecule has 19 heavy (non-hydrogen) atoms. The number of nitrogens with zero attached hydrogens (tertiary/aromatic N) is 1. The van der Waals surface area contributed by atoms with Gasteiger partial charge in [-0.1, -0.05) is 6.07 Å². The van der Waals surface area contributed by atoms with Gasteiger partial charge in [0.25, 0.3) is 0 Å². The van der Waals surface area contributed by atoms with E-state index in [-0.39, 0.29) is 4.90 Å². The second-order valence-electron chi connectivity index (χ2n) is 4.07. The third-order valence-corrected chi connectivity index (χ3v) is 3.55. The quantitative estimate of drug-likeness (QED) is 0.864. The summed E-state index contributed by atoms with van der Waals surface area (Å²) >= 11 is 0. The summed E-state index contributed by atoms with van der Waals surface area (Å²) in [6.07, 6.45) is 2.56. The second kappa shape index (κ2) is 5.81. The van der Waals surface area contributed by atoms with E-state index in [2.05, 4.69) is 10.3 Å². The van der Waals surface area contributed by atoms with Crippen molar-refractivity contribution in [3.05, 3.63) is 54.4 Å². The Morgan fingerprint density at radius 2 is 1.84 bits per heavy atom. The number of rotatable bonds is 5. The molecule has 0 bridgehead atoms. The van der Waals surface area contributed by atoms with E-state index in [0.29, 0.717) is 0 Å². The molecule has 0 saturated heterocycles. The summed E-state index contributed by atoms with van der Waals surface area (Å²) in [7, 11) is -3.62. The lowest BCUT2D eigenvalue weighted by atomic mass is 10.2. The zero-order valence-electron chi connectivity index (χ0n) is 10.3. The molecule has 0 saturated carbocycles. The fourth-order valence-corrected chi connectivity index (χ4v) is 2.16. The molecule has 1 aromatic carbocycles. The van der Waals surface area contributed by atoms with Gasteiger partial charge in [0.1, 0.15) is 0 Å². The van der Waals surface area contributed by atoms with Crippen LogP contribution in [-0.4, -0.2) is 19.9 Å². The van der Waals surface area contributed by atoms with Crippen molar-refractivity contribution in [1.29, 1.82) is 0 Å². The smallest absolute Gasteiger partial charge is 0.238 e. The topological polar surface area (TPSA) is 85.1 Å². The summed E-state index contributed by atoms with van der Waals surface area (Å²) in [5.74, 6) is 0. The van der Waals surface area contributed by atoms with Crippen LogP contribution in [0.4, 0.5) is 5.69 Å². The zero-order valence-corrected chi connectivity index (χ0v) is 11.1. The van der Waals surface area contributed by atoms with Crippen LogP contribution in [0, 0.1) is 0 Å². The number of nitrogens with two attached hydrogens (primary N) is 1. The van der Waals surface area contributed by atoms with Crippen molar-refractivity contribution in [3.8, 4) is 0 Å². The lowest BCUT2D eigenvalue weighted by Crippen LogP contribution is -2.12. The van der Waals surface area contributed by atoms with E-state index in [4.69, 9.17) is 5.14 Å². The van der Waals surface area contributed by atoms with Gasteiger partial charge in [-0.05, 0) is 36.4 Å². The van der Waals surface area contributed by atoms with Gasteiger partial charge >= 0.3 is 0 Å². The number of benzene rings is 1. The van der Waals surface area contributed by atoms with Gasteiger partial charge in [0.05, 0.1) is 4.90 Å². The van der Waals surface area contributed by atoms with Gasteiger partial charge in [0.15, 0.2) is 0 Å². The average Bonchev–Trinajstić information content (AvgIpc) is 2.39. The van der Waals surface area contributed by atoms with Crippen LogP contribution >= 0.6 is 0 Å². The molecule has 0 aliphatic carbocycles. The summed E-state index contributed by atoms with van der Waals surface area (Å²) < 4.78 is 22.2. The highest BCUT2D eigenvalue weighted by molar-refractivity contribution is 7.89. The Bertz CT molecular complexity index is 625. The molecule has 6 heteroatoms. The molecule has 0 spiro atoms. The molecule has 0 unspecified atom stereocenters. The Balaban J connectivity index is 1.90. The van der Waals surface area contributed by atoms with Crippen LogP contribution in [0.25, 0.3) is 0 Å². The summed E-state index contributed by atoms with van der Waals surface area (Å²) in [4.78, 5) is 4.33. The van der Waals surface area contributed by atoms with Gasteiger partial charge in [-0.2, -0.15) is 0 Å². The number of anilines is 1. The molecule has 0 aliphatic rings. The van der Waals surface area contributed by atoms with Crippen LogP contribution < -0.4 is 10.5 Å². The van der Waals surface area contributed by atoms with Crippen LogP contribution in [0.15, 0.2) is 53.6 Å². The molecule has 0 amide bonds. The first kappa shape index (κ1) is 13.5. The molecule has 0 radical (unpaired) electrons. The molecular weight excluding hydrogens is 262 g/mol. The second-order valence-corrected chi connectivity index (χ2v) is 5.63. The molecule has 1 aromatic heterocycles. The van der Waals surface area contributed by atoms with E-state index in [1.54, 1.807) is 18.3 Å². The van der Waals surface area contributed by atoms with Gasteiger partial charge in [-0.15, -0.1) is 0 Å². The van der Waals surface area contributed by atoms with Crippen molar-refractivity contribution < 1.29 is 8.42 Å². The average molecular weight is 277 g/mol. The van der Waals surface area contributed by atoms with Gasteiger partial charge in [-0.3, -0.25) is 4.98 Å². The molecule has 0 aliphatic heterocycles. The molecular formula is C13H15N3O2S. The van der Waals surface area contributed by atoms with Crippen molar-refractivity contribution in [2.45, 2.75) is 11.3 Å².